The van der Waals surface area contributed by atoms with Crippen molar-refractivity contribution in [2.24, 2.45) is 5.92 Å². The lowest BCUT2D eigenvalue weighted by Gasteiger charge is -2.42. The monoisotopic (exact) mass is 236 g/mol. The molecule has 0 aromatic rings. The van der Waals surface area contributed by atoms with Crippen LogP contribution in [0.1, 0.15) is 13.8 Å². The van der Waals surface area contributed by atoms with Gasteiger partial charge < -0.3 is 19.6 Å². The first-order valence-corrected chi connectivity index (χ1v) is 5.96. The molecule has 1 rings (SSSR count). The molecule has 88 valence electrons. The summed E-state index contributed by atoms with van der Waals surface area (Å²) in [6.07, 6.45) is -1.54. The van der Waals surface area contributed by atoms with E-state index in [0.29, 0.717) is 0 Å². The standard InChI is InChI=1S/C9H20BO4P/c1-5-6(2)13-7(4-11)8(12)9(5)14-10(3)15/h5-9,11-12H,4,15H2,1-3H3/i11T. The molecule has 0 spiro atoms. The van der Waals surface area contributed by atoms with E-state index in [9.17, 15) is 5.11 Å². The van der Waals surface area contributed by atoms with Gasteiger partial charge in [-0.15, -0.1) is 9.12 Å². The van der Waals surface area contributed by atoms with Gasteiger partial charge in [0.15, 0.2) is 0 Å². The summed E-state index contributed by atoms with van der Waals surface area (Å²) in [5.74, 6) is 0.111. The normalized spacial score (nSPS) is 42.5. The molecule has 0 saturated carbocycles. The number of aliphatic hydroxyl groups is 2. The molecule has 2 N–H and O–H groups in total. The zero-order chi connectivity index (χ0) is 12.3. The molecule has 0 aliphatic carbocycles. The van der Waals surface area contributed by atoms with Gasteiger partial charge >= 0.3 is 6.64 Å². The smallest absolute Gasteiger partial charge is 0.312 e. The summed E-state index contributed by atoms with van der Waals surface area (Å²) in [7, 11) is 2.55. The minimum atomic E-state index is -0.750. The molecule has 1 fully saturated rings. The fraction of sp³-hybridized carbons (Fsp3) is 1.00. The molecule has 0 bridgehead atoms. The van der Waals surface area contributed by atoms with Gasteiger partial charge in [0.2, 0.25) is 1.43 Å². The zero-order valence-corrected chi connectivity index (χ0v) is 10.6. The molecule has 1 aliphatic rings. The molecular formula is C9H20BO4P. The molecule has 0 aromatic carbocycles. The minimum Gasteiger partial charge on any atom is -0.426 e. The summed E-state index contributed by atoms with van der Waals surface area (Å²) in [6.45, 7) is 5.87. The lowest BCUT2D eigenvalue weighted by atomic mass is 9.87. The third kappa shape index (κ3) is 3.14. The highest BCUT2D eigenvalue weighted by Crippen LogP contribution is 2.28. The highest BCUT2D eigenvalue weighted by Gasteiger charge is 2.41. The first-order valence-electron chi connectivity index (χ1n) is 5.70. The summed E-state index contributed by atoms with van der Waals surface area (Å²) < 4.78 is 18.0. The molecule has 6 atom stereocenters. The van der Waals surface area contributed by atoms with E-state index >= 15 is 0 Å². The van der Waals surface area contributed by atoms with Crippen LogP contribution in [0.2, 0.25) is 6.82 Å². The highest BCUT2D eigenvalue weighted by atomic mass is 31.0. The van der Waals surface area contributed by atoms with E-state index in [0.717, 1.165) is 0 Å². The molecule has 15 heavy (non-hydrogen) atoms. The second-order valence-corrected chi connectivity index (χ2v) is 5.14. The van der Waals surface area contributed by atoms with Crippen molar-refractivity contribution in [3.8, 4) is 0 Å². The highest BCUT2D eigenvalue weighted by molar-refractivity contribution is 7.60. The summed E-state index contributed by atoms with van der Waals surface area (Å²) in [5.41, 5.74) is 0. The van der Waals surface area contributed by atoms with Gasteiger partial charge in [0.1, 0.15) is 12.2 Å². The molecule has 4 nitrogen and oxygen atoms in total. The van der Waals surface area contributed by atoms with Crippen LogP contribution in [-0.4, -0.2) is 49.3 Å². The molecule has 6 unspecified atom stereocenters. The van der Waals surface area contributed by atoms with Crippen LogP contribution >= 0.6 is 9.12 Å². The maximum absolute atomic E-state index is 10.1. The van der Waals surface area contributed by atoms with E-state index in [1.54, 1.807) is 0 Å². The molecule has 6 heteroatoms. The van der Waals surface area contributed by atoms with Gasteiger partial charge in [-0.1, -0.05) is 13.7 Å². The molecular weight excluding hydrogens is 214 g/mol. The molecule has 0 radical (unpaired) electrons. The van der Waals surface area contributed by atoms with E-state index in [1.807, 2.05) is 20.7 Å². The van der Waals surface area contributed by atoms with E-state index in [4.69, 9.17) is 10.8 Å². The van der Waals surface area contributed by atoms with Gasteiger partial charge in [0.05, 0.1) is 18.8 Å². The van der Waals surface area contributed by atoms with Gasteiger partial charge in [0, 0.05) is 5.92 Å². The molecule has 1 saturated heterocycles. The number of aliphatic hydroxyl groups excluding tert-OH is 2. The van der Waals surface area contributed by atoms with E-state index < -0.39 is 12.2 Å². The van der Waals surface area contributed by atoms with Crippen LogP contribution in [0.5, 0.6) is 0 Å². The third-order valence-electron chi connectivity index (χ3n) is 2.90. The van der Waals surface area contributed by atoms with Crippen LogP contribution < -0.4 is 0 Å². The Morgan fingerprint density at radius 3 is 2.80 bits per heavy atom. The van der Waals surface area contributed by atoms with E-state index in [2.05, 4.69) is 14.2 Å². The molecule has 1 aliphatic heterocycles. The second kappa shape index (κ2) is 5.60. The maximum atomic E-state index is 10.1. The topological polar surface area (TPSA) is 58.9 Å². The number of rotatable bonds is 4. The molecule has 0 aromatic heterocycles. The summed E-state index contributed by atoms with van der Waals surface area (Å²) in [6, 6.07) is 0. The van der Waals surface area contributed by atoms with Crippen LogP contribution in [0, 0.1) is 5.92 Å². The maximum Gasteiger partial charge on any atom is 0.312 e. The quantitative estimate of drug-likeness (QED) is 0.538. The summed E-state index contributed by atoms with van der Waals surface area (Å²) in [4.78, 5) is 0. The molecule has 0 amide bonds. The zero-order valence-electron chi connectivity index (χ0n) is 10.4. The van der Waals surface area contributed by atoms with Gasteiger partial charge in [-0.2, -0.15) is 0 Å². The number of ether oxygens (including phenoxy) is 1. The van der Waals surface area contributed by atoms with Crippen LogP contribution in [0.25, 0.3) is 0 Å². The Morgan fingerprint density at radius 2 is 2.27 bits per heavy atom. The Hall–Kier alpha value is 0.335. The van der Waals surface area contributed by atoms with Crippen LogP contribution in [-0.2, 0) is 9.39 Å². The van der Waals surface area contributed by atoms with Crippen LogP contribution in [0.4, 0.5) is 0 Å². The summed E-state index contributed by atoms with van der Waals surface area (Å²) in [5, 5.41) is 14.4. The van der Waals surface area contributed by atoms with E-state index in [-0.39, 0.29) is 31.4 Å². The van der Waals surface area contributed by atoms with Crippen molar-refractivity contribution in [2.75, 3.05) is 6.61 Å². The average Bonchev–Trinajstić information content (AvgIpc) is 2.21. The Balaban J connectivity index is 2.69. The van der Waals surface area contributed by atoms with Crippen molar-refractivity contribution in [3.05, 3.63) is 0 Å². The lowest BCUT2D eigenvalue weighted by Crippen LogP contribution is -2.55. The van der Waals surface area contributed by atoms with Crippen molar-refractivity contribution in [3.63, 3.8) is 0 Å². The predicted octanol–water partition coefficient (Wildman–Crippen LogP) is 0.141. The van der Waals surface area contributed by atoms with Gasteiger partial charge in [-0.25, -0.2) is 0 Å². The van der Waals surface area contributed by atoms with Crippen LogP contribution in [0.15, 0.2) is 0 Å². The Labute approximate surface area is 95.1 Å². The average molecular weight is 236 g/mol. The fourth-order valence-electron chi connectivity index (χ4n) is 1.86. The predicted molar refractivity (Wildman–Crippen MR) is 62.8 cm³/mol. The van der Waals surface area contributed by atoms with Crippen molar-refractivity contribution < 1.29 is 19.6 Å². The largest absolute Gasteiger partial charge is 0.426 e. The van der Waals surface area contributed by atoms with Crippen molar-refractivity contribution in [1.29, 1.82) is 1.43 Å². The second-order valence-electron chi connectivity index (χ2n) is 4.20. The van der Waals surface area contributed by atoms with Crippen molar-refractivity contribution >= 4 is 15.8 Å². The first kappa shape index (κ1) is 11.8. The molecule has 1 heterocycles. The Morgan fingerprint density at radius 1 is 1.60 bits per heavy atom. The van der Waals surface area contributed by atoms with Gasteiger partial charge in [-0.3, -0.25) is 0 Å². The Kier molecular flexibility index (Phi) is 4.41. The third-order valence-corrected chi connectivity index (χ3v) is 3.06. The lowest BCUT2D eigenvalue weighted by molar-refractivity contribution is -0.193. The fourth-order valence-corrected chi connectivity index (χ4v) is 2.04. The number of hydrogen-bond donors (Lipinski definition) is 2. The summed E-state index contributed by atoms with van der Waals surface area (Å²) >= 11 is 0. The number of hydrogen-bond acceptors (Lipinski definition) is 4. The Bertz CT molecular complexity index is 222. The van der Waals surface area contributed by atoms with Crippen molar-refractivity contribution in [1.82, 2.24) is 0 Å². The van der Waals surface area contributed by atoms with Crippen LogP contribution in [0.3, 0.4) is 0 Å². The van der Waals surface area contributed by atoms with E-state index in [1.165, 1.54) is 0 Å². The van der Waals surface area contributed by atoms with Gasteiger partial charge in [0.25, 0.3) is 0 Å². The van der Waals surface area contributed by atoms with Crippen molar-refractivity contribution in [2.45, 2.75) is 45.1 Å². The first-order chi connectivity index (χ1) is 7.47. The minimum absolute atomic E-state index is 0.0164. The SMILES string of the molecule is [3H]OCC1OC(C)C(C)C(OB(C)P)C1O. The van der Waals surface area contributed by atoms with Gasteiger partial charge in [-0.05, 0) is 6.92 Å².